The molecule has 1 amide bonds. The Morgan fingerprint density at radius 2 is 1.48 bits per heavy atom. The molecule has 9 heteroatoms. The number of carbonyl (C=O) groups is 1. The first-order valence-electron chi connectivity index (χ1n) is 7.16. The monoisotopic (exact) mass is 372 g/mol. The van der Waals surface area contributed by atoms with Crippen LogP contribution >= 0.6 is 0 Å². The third-order valence-electron chi connectivity index (χ3n) is 3.15. The maximum Gasteiger partial charge on any atom is 0.405 e. The van der Waals surface area contributed by atoms with Gasteiger partial charge in [-0.3, -0.25) is 9.10 Å². The van der Waals surface area contributed by atoms with Crippen LogP contribution in [0.25, 0.3) is 0 Å². The summed E-state index contributed by atoms with van der Waals surface area (Å²) in [6.45, 7) is -2.29. The third-order valence-corrected chi connectivity index (χ3v) is 4.94. The van der Waals surface area contributed by atoms with Gasteiger partial charge in [0.05, 0.1) is 10.6 Å². The van der Waals surface area contributed by atoms with Gasteiger partial charge in [-0.25, -0.2) is 8.42 Å². The second-order valence-corrected chi connectivity index (χ2v) is 6.91. The molecule has 0 radical (unpaired) electrons. The van der Waals surface area contributed by atoms with Crippen molar-refractivity contribution in [1.29, 1.82) is 0 Å². The molecule has 2 rings (SSSR count). The summed E-state index contributed by atoms with van der Waals surface area (Å²) in [5, 5.41) is 1.68. The molecule has 0 bridgehead atoms. The van der Waals surface area contributed by atoms with E-state index in [4.69, 9.17) is 0 Å². The van der Waals surface area contributed by atoms with Crippen LogP contribution in [-0.2, 0) is 14.8 Å². The molecule has 0 saturated carbocycles. The molecule has 0 unspecified atom stereocenters. The number of hydrogen-bond donors (Lipinski definition) is 1. The summed E-state index contributed by atoms with van der Waals surface area (Å²) in [5.74, 6) is -1.05. The van der Waals surface area contributed by atoms with Crippen molar-refractivity contribution in [1.82, 2.24) is 5.32 Å². The first kappa shape index (κ1) is 18.8. The highest BCUT2D eigenvalue weighted by Crippen LogP contribution is 2.23. The van der Waals surface area contributed by atoms with E-state index in [1.807, 2.05) is 0 Å². The molecule has 0 atom stereocenters. The van der Waals surface area contributed by atoms with E-state index in [9.17, 15) is 26.4 Å². The van der Waals surface area contributed by atoms with E-state index >= 15 is 0 Å². The summed E-state index contributed by atoms with van der Waals surface area (Å²) in [6.07, 6.45) is -4.58. The van der Waals surface area contributed by atoms with Crippen LogP contribution in [0, 0.1) is 0 Å². The molecule has 134 valence electrons. The summed E-state index contributed by atoms with van der Waals surface area (Å²) in [6, 6.07) is 15.0. The molecular formula is C16H15F3N2O3S. The molecule has 25 heavy (non-hydrogen) atoms. The maximum absolute atomic E-state index is 12.8. The Kier molecular flexibility index (Phi) is 5.68. The number of alkyl halides is 3. The minimum Gasteiger partial charge on any atom is -0.345 e. The number of sulfonamides is 1. The van der Waals surface area contributed by atoms with Crippen LogP contribution < -0.4 is 9.62 Å². The molecule has 0 aliphatic carbocycles. The van der Waals surface area contributed by atoms with Crippen LogP contribution in [0.4, 0.5) is 18.9 Å². The number of benzene rings is 2. The molecule has 5 nitrogen and oxygen atoms in total. The molecule has 0 heterocycles. The zero-order chi connectivity index (χ0) is 18.5. The van der Waals surface area contributed by atoms with Gasteiger partial charge in [0.15, 0.2) is 0 Å². The number of carbonyl (C=O) groups excluding carboxylic acids is 1. The lowest BCUT2D eigenvalue weighted by Gasteiger charge is -2.24. The van der Waals surface area contributed by atoms with Gasteiger partial charge in [0.1, 0.15) is 13.1 Å². The minimum atomic E-state index is -4.58. The lowest BCUT2D eigenvalue weighted by atomic mass is 10.3. The van der Waals surface area contributed by atoms with Gasteiger partial charge in [-0.1, -0.05) is 36.4 Å². The molecule has 0 saturated heterocycles. The Morgan fingerprint density at radius 1 is 0.960 bits per heavy atom. The van der Waals surface area contributed by atoms with E-state index in [1.165, 1.54) is 36.4 Å². The summed E-state index contributed by atoms with van der Waals surface area (Å²) in [7, 11) is -4.11. The fourth-order valence-corrected chi connectivity index (χ4v) is 3.46. The third kappa shape index (κ3) is 5.21. The second kappa shape index (κ2) is 7.56. The number of para-hydroxylation sites is 1. The van der Waals surface area contributed by atoms with Gasteiger partial charge in [-0.15, -0.1) is 0 Å². The molecule has 0 fully saturated rings. The zero-order valence-corrected chi connectivity index (χ0v) is 13.7. The second-order valence-electron chi connectivity index (χ2n) is 5.05. The molecule has 0 spiro atoms. The first-order valence-corrected chi connectivity index (χ1v) is 8.60. The van der Waals surface area contributed by atoms with Gasteiger partial charge in [0, 0.05) is 0 Å². The van der Waals surface area contributed by atoms with Crippen LogP contribution in [0.15, 0.2) is 65.6 Å². The average molecular weight is 372 g/mol. The van der Waals surface area contributed by atoms with E-state index in [0.29, 0.717) is 0 Å². The van der Waals surface area contributed by atoms with Crippen molar-refractivity contribution in [3.8, 4) is 0 Å². The SMILES string of the molecule is O=C(CN(c1ccccc1)S(=O)(=O)c1ccccc1)NCC(F)(F)F. The number of rotatable bonds is 6. The summed E-state index contributed by atoms with van der Waals surface area (Å²) >= 11 is 0. The lowest BCUT2D eigenvalue weighted by molar-refractivity contribution is -0.137. The van der Waals surface area contributed by atoms with Crippen molar-refractivity contribution in [3.05, 3.63) is 60.7 Å². The predicted molar refractivity (Wildman–Crippen MR) is 86.5 cm³/mol. The standard InChI is InChI=1S/C16H15F3N2O3S/c17-16(18,19)12-20-15(22)11-21(13-7-3-1-4-8-13)25(23,24)14-9-5-2-6-10-14/h1-10H,11-12H2,(H,20,22). The van der Waals surface area contributed by atoms with Gasteiger partial charge < -0.3 is 5.32 Å². The highest BCUT2D eigenvalue weighted by molar-refractivity contribution is 7.92. The Balaban J connectivity index is 2.31. The Bertz CT molecular complexity index is 810. The van der Waals surface area contributed by atoms with Crippen molar-refractivity contribution in [2.45, 2.75) is 11.1 Å². The Labute approximate surface area is 143 Å². The normalized spacial score (nSPS) is 11.8. The predicted octanol–water partition coefficient (Wildman–Crippen LogP) is 2.56. The Hall–Kier alpha value is -2.55. The number of nitrogens with zero attached hydrogens (tertiary/aromatic N) is 1. The number of hydrogen-bond acceptors (Lipinski definition) is 3. The van der Waals surface area contributed by atoms with Crippen molar-refractivity contribution in [2.24, 2.45) is 0 Å². The summed E-state index contributed by atoms with van der Waals surface area (Å²) in [4.78, 5) is 11.8. The molecule has 0 aromatic heterocycles. The van der Waals surface area contributed by atoms with Gasteiger partial charge in [-0.2, -0.15) is 13.2 Å². The molecule has 2 aromatic rings. The van der Waals surface area contributed by atoms with E-state index in [-0.39, 0.29) is 10.6 Å². The van der Waals surface area contributed by atoms with Crippen LogP contribution in [0.3, 0.4) is 0 Å². The first-order chi connectivity index (χ1) is 11.7. The van der Waals surface area contributed by atoms with Crippen LogP contribution in [0.1, 0.15) is 0 Å². The van der Waals surface area contributed by atoms with Crippen LogP contribution in [0.5, 0.6) is 0 Å². The van der Waals surface area contributed by atoms with E-state index in [0.717, 1.165) is 4.31 Å². The maximum atomic E-state index is 12.8. The van der Waals surface area contributed by atoms with E-state index in [2.05, 4.69) is 0 Å². The highest BCUT2D eigenvalue weighted by atomic mass is 32.2. The van der Waals surface area contributed by atoms with Crippen LogP contribution in [0.2, 0.25) is 0 Å². The smallest absolute Gasteiger partial charge is 0.345 e. The largest absolute Gasteiger partial charge is 0.405 e. The van der Waals surface area contributed by atoms with Gasteiger partial charge >= 0.3 is 6.18 Å². The van der Waals surface area contributed by atoms with Gasteiger partial charge in [0.25, 0.3) is 10.0 Å². The number of nitrogens with one attached hydrogen (secondary N) is 1. The highest BCUT2D eigenvalue weighted by Gasteiger charge is 2.30. The molecule has 2 aromatic carbocycles. The number of amides is 1. The molecule has 0 aliphatic rings. The van der Waals surface area contributed by atoms with Gasteiger partial charge in [-0.05, 0) is 24.3 Å². The fraction of sp³-hybridized carbons (Fsp3) is 0.188. The van der Waals surface area contributed by atoms with E-state index in [1.54, 1.807) is 29.6 Å². The Morgan fingerprint density at radius 3 is 2.00 bits per heavy atom. The van der Waals surface area contributed by atoms with Crippen LogP contribution in [-0.4, -0.2) is 33.6 Å². The van der Waals surface area contributed by atoms with Crippen molar-refractivity contribution in [3.63, 3.8) is 0 Å². The topological polar surface area (TPSA) is 66.5 Å². The number of anilines is 1. The summed E-state index contributed by atoms with van der Waals surface area (Å²) in [5.41, 5.74) is 0.175. The molecule has 0 aliphatic heterocycles. The zero-order valence-electron chi connectivity index (χ0n) is 12.9. The van der Waals surface area contributed by atoms with Gasteiger partial charge in [0.2, 0.25) is 5.91 Å². The lowest BCUT2D eigenvalue weighted by Crippen LogP contribution is -2.43. The van der Waals surface area contributed by atoms with Crippen molar-refractivity contribution >= 4 is 21.6 Å². The number of halogens is 3. The molecule has 1 N–H and O–H groups in total. The molecular weight excluding hydrogens is 357 g/mol. The summed E-state index contributed by atoms with van der Waals surface area (Å²) < 4.78 is 63.0. The van der Waals surface area contributed by atoms with E-state index < -0.39 is 35.2 Å². The minimum absolute atomic E-state index is 0.0672. The fourth-order valence-electron chi connectivity index (χ4n) is 2.01. The van der Waals surface area contributed by atoms with Crippen molar-refractivity contribution < 1.29 is 26.4 Å². The van der Waals surface area contributed by atoms with Crippen molar-refractivity contribution in [2.75, 3.05) is 17.4 Å². The quantitative estimate of drug-likeness (QED) is 0.848. The average Bonchev–Trinajstić information content (AvgIpc) is 2.58.